The summed E-state index contributed by atoms with van der Waals surface area (Å²) >= 11 is 0. The van der Waals surface area contributed by atoms with Crippen molar-refractivity contribution in [1.29, 1.82) is 0 Å². The van der Waals surface area contributed by atoms with Gasteiger partial charge in [0.2, 0.25) is 0 Å². The van der Waals surface area contributed by atoms with E-state index in [1.807, 2.05) is 31.2 Å². The lowest BCUT2D eigenvalue weighted by Gasteiger charge is -2.14. The summed E-state index contributed by atoms with van der Waals surface area (Å²) in [4.78, 5) is 0. The van der Waals surface area contributed by atoms with Gasteiger partial charge in [-0.15, -0.1) is 0 Å². The lowest BCUT2D eigenvalue weighted by Crippen LogP contribution is -2.18. The molecule has 2 nitrogen and oxygen atoms in total. The van der Waals surface area contributed by atoms with E-state index >= 15 is 0 Å². The molecule has 0 radical (unpaired) electrons. The quantitative estimate of drug-likeness (QED) is 0.788. The van der Waals surface area contributed by atoms with Crippen molar-refractivity contribution in [2.24, 2.45) is 5.73 Å². The Balaban J connectivity index is 1.90. The van der Waals surface area contributed by atoms with E-state index in [1.54, 1.807) is 6.07 Å². The Bertz CT molecular complexity index is 554. The van der Waals surface area contributed by atoms with Crippen LogP contribution in [0.1, 0.15) is 24.5 Å². The monoisotopic (exact) mass is 287 g/mol. The molecule has 0 bridgehead atoms. The predicted molar refractivity (Wildman–Crippen MR) is 84.0 cm³/mol. The molecule has 0 amide bonds. The molecule has 1 unspecified atom stereocenters. The van der Waals surface area contributed by atoms with Crippen LogP contribution in [0.25, 0.3) is 0 Å². The summed E-state index contributed by atoms with van der Waals surface area (Å²) in [6, 6.07) is 15.2. The first-order valence-corrected chi connectivity index (χ1v) is 7.36. The van der Waals surface area contributed by atoms with Crippen LogP contribution in [0.3, 0.4) is 0 Å². The lowest BCUT2D eigenvalue weighted by atomic mass is 10.1. The van der Waals surface area contributed by atoms with Crippen LogP contribution in [0.4, 0.5) is 4.39 Å². The number of hydrogen-bond donors (Lipinski definition) is 1. The number of rotatable bonds is 7. The summed E-state index contributed by atoms with van der Waals surface area (Å²) in [5.41, 5.74) is 7.90. The number of ether oxygens (including phenoxy) is 1. The van der Waals surface area contributed by atoms with Crippen LogP contribution < -0.4 is 10.5 Å². The second kappa shape index (κ2) is 7.79. The molecule has 2 rings (SSSR count). The Morgan fingerprint density at radius 3 is 2.57 bits per heavy atom. The minimum atomic E-state index is -0.312. The highest BCUT2D eigenvalue weighted by Gasteiger charge is 2.11. The number of nitrogens with two attached hydrogens (primary N) is 1. The summed E-state index contributed by atoms with van der Waals surface area (Å²) in [5.74, 6) is 0.0377. The Hall–Kier alpha value is -1.87. The highest BCUT2D eigenvalue weighted by Crippen LogP contribution is 2.24. The van der Waals surface area contributed by atoms with E-state index in [2.05, 4.69) is 12.1 Å². The summed E-state index contributed by atoms with van der Waals surface area (Å²) in [6.45, 7) is 2.41. The fourth-order valence-corrected chi connectivity index (χ4v) is 2.32. The fraction of sp³-hybridized carbons (Fsp3) is 0.333. The van der Waals surface area contributed by atoms with E-state index in [9.17, 15) is 4.39 Å². The largest absolute Gasteiger partial charge is 0.490 e. The van der Waals surface area contributed by atoms with Crippen molar-refractivity contribution in [2.45, 2.75) is 32.2 Å². The number of aryl methyl sites for hydroxylation is 1. The standard InChI is InChI=1S/C18H22FNO/c1-14(20)13-16-10-5-11-17(19)18(16)21-12-6-9-15-7-3-2-4-8-15/h2-5,7-8,10-11,14H,6,9,12-13,20H2,1H3. The average Bonchev–Trinajstić information content (AvgIpc) is 2.46. The second-order valence-electron chi connectivity index (χ2n) is 5.35. The van der Waals surface area contributed by atoms with Gasteiger partial charge in [0.05, 0.1) is 6.61 Å². The number of benzene rings is 2. The molecule has 3 heteroatoms. The van der Waals surface area contributed by atoms with E-state index in [4.69, 9.17) is 10.5 Å². The maximum Gasteiger partial charge on any atom is 0.165 e. The molecule has 2 N–H and O–H groups in total. The molecular formula is C18H22FNO. The first-order valence-electron chi connectivity index (χ1n) is 7.36. The molecule has 21 heavy (non-hydrogen) atoms. The van der Waals surface area contributed by atoms with Gasteiger partial charge in [-0.25, -0.2) is 4.39 Å². The van der Waals surface area contributed by atoms with Gasteiger partial charge in [0.25, 0.3) is 0 Å². The molecule has 0 saturated heterocycles. The van der Waals surface area contributed by atoms with Gasteiger partial charge in [0.15, 0.2) is 11.6 Å². The summed E-state index contributed by atoms with van der Waals surface area (Å²) in [6.07, 6.45) is 2.40. The van der Waals surface area contributed by atoms with Crippen molar-refractivity contribution in [1.82, 2.24) is 0 Å². The molecule has 1 atom stereocenters. The molecule has 0 fully saturated rings. The molecule has 0 aliphatic heterocycles. The topological polar surface area (TPSA) is 35.2 Å². The Labute approximate surface area is 125 Å². The van der Waals surface area contributed by atoms with Gasteiger partial charge in [-0.1, -0.05) is 42.5 Å². The van der Waals surface area contributed by atoms with Crippen molar-refractivity contribution in [3.63, 3.8) is 0 Å². The Kier molecular flexibility index (Phi) is 5.76. The minimum Gasteiger partial charge on any atom is -0.490 e. The van der Waals surface area contributed by atoms with E-state index < -0.39 is 0 Å². The minimum absolute atomic E-state index is 0.0153. The van der Waals surface area contributed by atoms with E-state index in [1.165, 1.54) is 11.6 Å². The smallest absolute Gasteiger partial charge is 0.165 e. The highest BCUT2D eigenvalue weighted by atomic mass is 19.1. The van der Waals surface area contributed by atoms with Gasteiger partial charge in [0.1, 0.15) is 0 Å². The molecule has 0 aliphatic rings. The van der Waals surface area contributed by atoms with Crippen molar-refractivity contribution in [2.75, 3.05) is 6.61 Å². The number of halogens is 1. The lowest BCUT2D eigenvalue weighted by molar-refractivity contribution is 0.292. The van der Waals surface area contributed by atoms with Crippen LogP contribution in [-0.2, 0) is 12.8 Å². The molecule has 0 spiro atoms. The Morgan fingerprint density at radius 1 is 1.10 bits per heavy atom. The molecule has 2 aromatic carbocycles. The third-order valence-electron chi connectivity index (χ3n) is 3.29. The van der Waals surface area contributed by atoms with Crippen LogP contribution in [0.2, 0.25) is 0 Å². The maximum atomic E-state index is 13.9. The molecule has 112 valence electrons. The first-order chi connectivity index (χ1) is 10.2. The van der Waals surface area contributed by atoms with E-state index in [0.29, 0.717) is 18.8 Å². The van der Waals surface area contributed by atoms with Gasteiger partial charge in [-0.05, 0) is 43.4 Å². The maximum absolute atomic E-state index is 13.9. The van der Waals surface area contributed by atoms with Crippen LogP contribution in [0, 0.1) is 5.82 Å². The van der Waals surface area contributed by atoms with Gasteiger partial charge in [0, 0.05) is 6.04 Å². The average molecular weight is 287 g/mol. The third kappa shape index (κ3) is 4.87. The van der Waals surface area contributed by atoms with Gasteiger partial charge in [-0.3, -0.25) is 0 Å². The van der Waals surface area contributed by atoms with Gasteiger partial charge >= 0.3 is 0 Å². The normalized spacial score (nSPS) is 12.1. The van der Waals surface area contributed by atoms with E-state index in [0.717, 1.165) is 18.4 Å². The van der Waals surface area contributed by atoms with Crippen molar-refractivity contribution < 1.29 is 9.13 Å². The van der Waals surface area contributed by atoms with Crippen LogP contribution in [-0.4, -0.2) is 12.6 Å². The predicted octanol–water partition coefficient (Wildman–Crippen LogP) is 3.73. The number of para-hydroxylation sites is 1. The Morgan fingerprint density at radius 2 is 1.86 bits per heavy atom. The van der Waals surface area contributed by atoms with Crippen LogP contribution >= 0.6 is 0 Å². The first kappa shape index (κ1) is 15.5. The fourth-order valence-electron chi connectivity index (χ4n) is 2.32. The zero-order valence-electron chi connectivity index (χ0n) is 12.4. The van der Waals surface area contributed by atoms with E-state index in [-0.39, 0.29) is 11.9 Å². The van der Waals surface area contributed by atoms with Gasteiger partial charge in [-0.2, -0.15) is 0 Å². The van der Waals surface area contributed by atoms with Gasteiger partial charge < -0.3 is 10.5 Å². The zero-order chi connectivity index (χ0) is 15.1. The summed E-state index contributed by atoms with van der Waals surface area (Å²) < 4.78 is 19.5. The SMILES string of the molecule is CC(N)Cc1cccc(F)c1OCCCc1ccccc1. The summed E-state index contributed by atoms with van der Waals surface area (Å²) in [7, 11) is 0. The van der Waals surface area contributed by atoms with Crippen molar-refractivity contribution >= 4 is 0 Å². The van der Waals surface area contributed by atoms with Crippen molar-refractivity contribution in [3.8, 4) is 5.75 Å². The molecular weight excluding hydrogens is 265 g/mol. The highest BCUT2D eigenvalue weighted by molar-refractivity contribution is 5.35. The second-order valence-corrected chi connectivity index (χ2v) is 5.35. The molecule has 0 aliphatic carbocycles. The van der Waals surface area contributed by atoms with Crippen molar-refractivity contribution in [3.05, 3.63) is 65.5 Å². The number of hydrogen-bond acceptors (Lipinski definition) is 2. The molecule has 0 saturated carbocycles. The van der Waals surface area contributed by atoms with Crippen LogP contribution in [0.5, 0.6) is 5.75 Å². The molecule has 0 aromatic heterocycles. The summed E-state index contributed by atoms with van der Waals surface area (Å²) in [5, 5.41) is 0. The third-order valence-corrected chi connectivity index (χ3v) is 3.29. The van der Waals surface area contributed by atoms with Crippen LogP contribution in [0.15, 0.2) is 48.5 Å². The zero-order valence-corrected chi connectivity index (χ0v) is 12.4. The molecule has 0 heterocycles. The molecule has 2 aromatic rings.